The molecule has 2 nitrogen and oxygen atoms in total. The molecule has 1 aliphatic heterocycles. The molecule has 0 saturated carbocycles. The molecule has 1 aliphatic rings. The van der Waals surface area contributed by atoms with Crippen LogP contribution in [0, 0.1) is 0 Å². The van der Waals surface area contributed by atoms with Crippen LogP contribution in [0.15, 0.2) is 28.7 Å². The molecule has 1 fully saturated rings. The van der Waals surface area contributed by atoms with Gasteiger partial charge in [-0.1, -0.05) is 22.0 Å². The Morgan fingerprint density at radius 3 is 3.11 bits per heavy atom. The highest BCUT2D eigenvalue weighted by Gasteiger charge is 2.23. The van der Waals surface area contributed by atoms with Crippen LogP contribution in [-0.4, -0.2) is 36.5 Å². The number of hydrogen-bond acceptors (Lipinski definition) is 2. The normalized spacial score (nSPS) is 19.8. The lowest BCUT2D eigenvalue weighted by Gasteiger charge is -2.24. The molecule has 1 heterocycles. The summed E-state index contributed by atoms with van der Waals surface area (Å²) >= 11 is 9.23. The van der Waals surface area contributed by atoms with Gasteiger partial charge in [0, 0.05) is 22.9 Å². The standard InChI is InChI=1S/C15H21BrClNO/c16-13-4-1-7-15(12-13)19-11-10-18-9-3-6-14(18)5-2-8-17/h1,4,7,12,14H,2-3,5-6,8-11H2. The van der Waals surface area contributed by atoms with E-state index in [9.17, 15) is 0 Å². The molecule has 19 heavy (non-hydrogen) atoms. The lowest BCUT2D eigenvalue weighted by molar-refractivity contribution is 0.190. The number of ether oxygens (including phenoxy) is 1. The Labute approximate surface area is 129 Å². The smallest absolute Gasteiger partial charge is 0.120 e. The highest BCUT2D eigenvalue weighted by atomic mass is 79.9. The van der Waals surface area contributed by atoms with Crippen LogP contribution in [0.3, 0.4) is 0 Å². The third-order valence-corrected chi connectivity index (χ3v) is 4.37. The summed E-state index contributed by atoms with van der Waals surface area (Å²) in [4.78, 5) is 2.55. The molecule has 1 unspecified atom stereocenters. The molecular weight excluding hydrogens is 326 g/mol. The van der Waals surface area contributed by atoms with Crippen molar-refractivity contribution in [2.45, 2.75) is 31.7 Å². The molecule has 0 amide bonds. The number of benzene rings is 1. The van der Waals surface area contributed by atoms with Gasteiger partial charge in [0.25, 0.3) is 0 Å². The number of rotatable bonds is 7. The van der Waals surface area contributed by atoms with E-state index in [1.807, 2.05) is 24.3 Å². The number of alkyl halides is 1. The summed E-state index contributed by atoms with van der Waals surface area (Å²) in [6, 6.07) is 8.73. The van der Waals surface area contributed by atoms with Gasteiger partial charge >= 0.3 is 0 Å². The summed E-state index contributed by atoms with van der Waals surface area (Å²) in [5.74, 6) is 1.71. The maximum atomic E-state index is 5.80. The van der Waals surface area contributed by atoms with Crippen LogP contribution < -0.4 is 4.74 Å². The first kappa shape index (κ1) is 15.1. The van der Waals surface area contributed by atoms with Crippen molar-refractivity contribution in [2.75, 3.05) is 25.6 Å². The SMILES string of the molecule is ClCCCC1CCCN1CCOc1cccc(Br)c1. The molecule has 106 valence electrons. The molecule has 0 aliphatic carbocycles. The predicted molar refractivity (Wildman–Crippen MR) is 84.2 cm³/mol. The van der Waals surface area contributed by atoms with Crippen LogP contribution in [-0.2, 0) is 0 Å². The summed E-state index contributed by atoms with van der Waals surface area (Å²) in [5.41, 5.74) is 0. The van der Waals surface area contributed by atoms with Gasteiger partial charge in [0.05, 0.1) is 0 Å². The summed E-state index contributed by atoms with van der Waals surface area (Å²) in [6.45, 7) is 2.97. The van der Waals surface area contributed by atoms with Crippen LogP contribution in [0.4, 0.5) is 0 Å². The molecule has 0 bridgehead atoms. The van der Waals surface area contributed by atoms with E-state index in [4.69, 9.17) is 16.3 Å². The Morgan fingerprint density at radius 1 is 1.42 bits per heavy atom. The zero-order chi connectivity index (χ0) is 13.5. The van der Waals surface area contributed by atoms with Gasteiger partial charge in [-0.15, -0.1) is 11.6 Å². The second-order valence-corrected chi connectivity index (χ2v) is 6.26. The summed E-state index contributed by atoms with van der Waals surface area (Å²) in [7, 11) is 0. The van der Waals surface area contributed by atoms with Crippen molar-refractivity contribution in [1.82, 2.24) is 4.90 Å². The minimum absolute atomic E-state index is 0.713. The molecule has 1 saturated heterocycles. The second-order valence-electron chi connectivity index (χ2n) is 4.97. The maximum Gasteiger partial charge on any atom is 0.120 e. The summed E-state index contributed by atoms with van der Waals surface area (Å²) < 4.78 is 6.87. The second kappa shape index (κ2) is 8.13. The largest absolute Gasteiger partial charge is 0.492 e. The van der Waals surface area contributed by atoms with E-state index in [0.717, 1.165) is 35.7 Å². The molecule has 0 spiro atoms. The Hall–Kier alpha value is -0.250. The molecule has 0 N–H and O–H groups in total. The summed E-state index contributed by atoms with van der Waals surface area (Å²) in [5, 5.41) is 0. The van der Waals surface area contributed by atoms with Gasteiger partial charge in [-0.3, -0.25) is 4.90 Å². The first-order chi connectivity index (χ1) is 9.29. The highest BCUT2D eigenvalue weighted by Crippen LogP contribution is 2.22. The lowest BCUT2D eigenvalue weighted by atomic mass is 10.1. The highest BCUT2D eigenvalue weighted by molar-refractivity contribution is 9.10. The number of halogens is 2. The quantitative estimate of drug-likeness (QED) is 0.682. The minimum Gasteiger partial charge on any atom is -0.492 e. The molecule has 1 aromatic rings. The van der Waals surface area contributed by atoms with E-state index in [2.05, 4.69) is 20.8 Å². The molecule has 2 rings (SSSR count). The van der Waals surface area contributed by atoms with Crippen LogP contribution in [0.2, 0.25) is 0 Å². The third-order valence-electron chi connectivity index (χ3n) is 3.61. The van der Waals surface area contributed by atoms with E-state index in [0.29, 0.717) is 6.04 Å². The van der Waals surface area contributed by atoms with Crippen molar-refractivity contribution in [3.8, 4) is 5.75 Å². The minimum atomic E-state index is 0.713. The van der Waals surface area contributed by atoms with Crippen LogP contribution in [0.1, 0.15) is 25.7 Å². The first-order valence-corrected chi connectivity index (χ1v) is 8.31. The van der Waals surface area contributed by atoms with E-state index in [1.54, 1.807) is 0 Å². The fourth-order valence-corrected chi connectivity index (χ4v) is 3.20. The molecule has 0 aromatic heterocycles. The fraction of sp³-hybridized carbons (Fsp3) is 0.600. The number of nitrogens with zero attached hydrogens (tertiary/aromatic N) is 1. The van der Waals surface area contributed by atoms with E-state index in [1.165, 1.54) is 25.8 Å². The van der Waals surface area contributed by atoms with E-state index in [-0.39, 0.29) is 0 Å². The average molecular weight is 347 g/mol. The molecule has 4 heteroatoms. The zero-order valence-corrected chi connectivity index (χ0v) is 13.5. The van der Waals surface area contributed by atoms with Crippen LogP contribution in [0.5, 0.6) is 5.75 Å². The van der Waals surface area contributed by atoms with Crippen molar-refractivity contribution in [3.05, 3.63) is 28.7 Å². The van der Waals surface area contributed by atoms with Gasteiger partial charge in [0.2, 0.25) is 0 Å². The number of likely N-dealkylation sites (tertiary alicyclic amines) is 1. The maximum absolute atomic E-state index is 5.80. The van der Waals surface area contributed by atoms with Gasteiger partial charge in [-0.25, -0.2) is 0 Å². The van der Waals surface area contributed by atoms with Gasteiger partial charge in [-0.05, 0) is 50.4 Å². The predicted octanol–water partition coefficient (Wildman–Crippen LogP) is 4.31. The van der Waals surface area contributed by atoms with E-state index >= 15 is 0 Å². The Kier molecular flexibility index (Phi) is 6.48. The van der Waals surface area contributed by atoms with Gasteiger partial charge in [0.15, 0.2) is 0 Å². The molecule has 1 aromatic carbocycles. The fourth-order valence-electron chi connectivity index (χ4n) is 2.67. The van der Waals surface area contributed by atoms with Crippen molar-refractivity contribution in [1.29, 1.82) is 0 Å². The van der Waals surface area contributed by atoms with Gasteiger partial charge in [0.1, 0.15) is 12.4 Å². The van der Waals surface area contributed by atoms with Gasteiger partial charge < -0.3 is 4.74 Å². The van der Waals surface area contributed by atoms with Crippen molar-refractivity contribution < 1.29 is 4.74 Å². The zero-order valence-electron chi connectivity index (χ0n) is 11.2. The monoisotopic (exact) mass is 345 g/mol. The lowest BCUT2D eigenvalue weighted by Crippen LogP contribution is -2.33. The van der Waals surface area contributed by atoms with Crippen molar-refractivity contribution in [2.24, 2.45) is 0 Å². The summed E-state index contributed by atoms with van der Waals surface area (Å²) in [6.07, 6.45) is 4.97. The first-order valence-electron chi connectivity index (χ1n) is 6.98. The molecule has 0 radical (unpaired) electrons. The topological polar surface area (TPSA) is 12.5 Å². The van der Waals surface area contributed by atoms with Crippen LogP contribution >= 0.6 is 27.5 Å². The van der Waals surface area contributed by atoms with E-state index < -0.39 is 0 Å². The Morgan fingerprint density at radius 2 is 2.32 bits per heavy atom. The van der Waals surface area contributed by atoms with Crippen molar-refractivity contribution in [3.63, 3.8) is 0 Å². The Balaban J connectivity index is 1.72. The third kappa shape index (κ3) is 4.97. The molecular formula is C15H21BrClNO. The van der Waals surface area contributed by atoms with Gasteiger partial charge in [-0.2, -0.15) is 0 Å². The van der Waals surface area contributed by atoms with Crippen molar-refractivity contribution >= 4 is 27.5 Å². The average Bonchev–Trinajstić information content (AvgIpc) is 2.84. The van der Waals surface area contributed by atoms with Crippen LogP contribution in [0.25, 0.3) is 0 Å². The molecule has 1 atom stereocenters. The Bertz CT molecular complexity index is 388. The number of hydrogen-bond donors (Lipinski definition) is 0.